The summed E-state index contributed by atoms with van der Waals surface area (Å²) in [6.45, 7) is 7.76. The van der Waals surface area contributed by atoms with Crippen molar-refractivity contribution in [3.8, 4) is 5.82 Å². The van der Waals surface area contributed by atoms with Gasteiger partial charge >= 0.3 is 5.97 Å². The van der Waals surface area contributed by atoms with Gasteiger partial charge in [0.25, 0.3) is 0 Å². The molecule has 7 nitrogen and oxygen atoms in total. The predicted octanol–water partition coefficient (Wildman–Crippen LogP) is 2.33. The molecule has 0 saturated carbocycles. The molecule has 0 aromatic carbocycles. The summed E-state index contributed by atoms with van der Waals surface area (Å²) >= 11 is 0. The lowest BCUT2D eigenvalue weighted by molar-refractivity contribution is -0.137. The van der Waals surface area contributed by atoms with Gasteiger partial charge in [-0.05, 0) is 40.2 Å². The maximum absolute atomic E-state index is 10.7. The summed E-state index contributed by atoms with van der Waals surface area (Å²) in [6.07, 6.45) is 3.87. The normalized spacial score (nSPS) is 11.5. The molecule has 0 amide bonds. The summed E-state index contributed by atoms with van der Waals surface area (Å²) in [7, 11) is 0. The van der Waals surface area contributed by atoms with E-state index < -0.39 is 5.97 Å². The molecule has 0 bridgehead atoms. The third-order valence-electron chi connectivity index (χ3n) is 3.28. The molecule has 0 fully saturated rings. The molecule has 22 heavy (non-hydrogen) atoms. The Balaban J connectivity index is 2.18. The van der Waals surface area contributed by atoms with Gasteiger partial charge in [0.05, 0.1) is 18.1 Å². The Bertz CT molecular complexity index is 678. The Morgan fingerprint density at radius 1 is 1.36 bits per heavy atom. The number of hydrogen-bond donors (Lipinski definition) is 2. The number of nitrogens with one attached hydrogen (secondary N) is 1. The Hall–Kier alpha value is -2.44. The first kappa shape index (κ1) is 15.9. The van der Waals surface area contributed by atoms with Crippen molar-refractivity contribution in [2.45, 2.75) is 46.1 Å². The second kappa shape index (κ2) is 6.13. The van der Waals surface area contributed by atoms with Crippen LogP contribution in [0, 0.1) is 13.8 Å². The van der Waals surface area contributed by atoms with Crippen molar-refractivity contribution >= 4 is 11.8 Å². The van der Waals surface area contributed by atoms with Crippen LogP contribution in [0.1, 0.15) is 38.1 Å². The van der Waals surface area contributed by atoms with E-state index >= 15 is 0 Å². The highest BCUT2D eigenvalue weighted by atomic mass is 16.4. The third kappa shape index (κ3) is 4.03. The van der Waals surface area contributed by atoms with E-state index in [0.717, 1.165) is 11.4 Å². The van der Waals surface area contributed by atoms with E-state index in [9.17, 15) is 4.79 Å². The summed E-state index contributed by atoms with van der Waals surface area (Å²) in [5.41, 5.74) is 1.51. The van der Waals surface area contributed by atoms with Gasteiger partial charge in [0.2, 0.25) is 0 Å². The lowest BCUT2D eigenvalue weighted by Gasteiger charge is -2.26. The van der Waals surface area contributed by atoms with Gasteiger partial charge in [-0.3, -0.25) is 9.78 Å². The van der Waals surface area contributed by atoms with Crippen LogP contribution in [-0.4, -0.2) is 36.4 Å². The van der Waals surface area contributed by atoms with Gasteiger partial charge in [0.15, 0.2) is 5.82 Å². The number of anilines is 1. The van der Waals surface area contributed by atoms with Gasteiger partial charge in [-0.2, -0.15) is 5.10 Å². The molecule has 2 rings (SSSR count). The minimum absolute atomic E-state index is 0.102. The number of rotatable bonds is 6. The molecular formula is C15H21N5O2. The lowest BCUT2D eigenvalue weighted by Crippen LogP contribution is -2.32. The van der Waals surface area contributed by atoms with Gasteiger partial charge in [0, 0.05) is 17.7 Å². The highest BCUT2D eigenvalue weighted by Gasteiger charge is 2.20. The van der Waals surface area contributed by atoms with E-state index in [-0.39, 0.29) is 12.0 Å². The van der Waals surface area contributed by atoms with Crippen LogP contribution in [0.4, 0.5) is 5.82 Å². The van der Waals surface area contributed by atoms with Crippen LogP contribution in [-0.2, 0) is 4.79 Å². The molecule has 0 saturated heterocycles. The molecule has 7 heteroatoms. The molecule has 2 aromatic rings. The highest BCUT2D eigenvalue weighted by Crippen LogP contribution is 2.19. The first-order chi connectivity index (χ1) is 10.3. The fourth-order valence-corrected chi connectivity index (χ4v) is 2.21. The molecule has 2 N–H and O–H groups in total. The largest absolute Gasteiger partial charge is 0.481 e. The summed E-state index contributed by atoms with van der Waals surface area (Å²) in [6, 6.07) is 1.97. The van der Waals surface area contributed by atoms with Crippen molar-refractivity contribution in [2.75, 3.05) is 5.32 Å². The smallest absolute Gasteiger partial charge is 0.303 e. The third-order valence-corrected chi connectivity index (χ3v) is 3.28. The monoisotopic (exact) mass is 303 g/mol. The number of aromatic nitrogens is 4. The predicted molar refractivity (Wildman–Crippen MR) is 83.2 cm³/mol. The molecule has 0 aliphatic heterocycles. The average Bonchev–Trinajstić information content (AvgIpc) is 2.75. The van der Waals surface area contributed by atoms with Crippen LogP contribution in [0.5, 0.6) is 0 Å². The zero-order chi connectivity index (χ0) is 16.3. The molecule has 0 aliphatic carbocycles. The van der Waals surface area contributed by atoms with E-state index in [0.29, 0.717) is 18.1 Å². The van der Waals surface area contributed by atoms with Gasteiger partial charge in [-0.15, -0.1) is 0 Å². The molecule has 0 radical (unpaired) electrons. The van der Waals surface area contributed by atoms with Gasteiger partial charge in [-0.1, -0.05) is 0 Å². The maximum Gasteiger partial charge on any atom is 0.303 e. The number of carboxylic acids is 1. The minimum Gasteiger partial charge on any atom is -0.481 e. The Morgan fingerprint density at radius 2 is 2.09 bits per heavy atom. The topological polar surface area (TPSA) is 92.9 Å². The number of hydrogen-bond acceptors (Lipinski definition) is 5. The van der Waals surface area contributed by atoms with Crippen LogP contribution in [0.25, 0.3) is 5.82 Å². The number of aliphatic carboxylic acids is 1. The second-order valence-electron chi connectivity index (χ2n) is 6.00. The summed E-state index contributed by atoms with van der Waals surface area (Å²) in [5, 5.41) is 16.4. The molecule has 2 heterocycles. The molecule has 118 valence electrons. The van der Waals surface area contributed by atoms with Crippen molar-refractivity contribution in [3.05, 3.63) is 29.8 Å². The van der Waals surface area contributed by atoms with Crippen molar-refractivity contribution in [1.82, 2.24) is 19.7 Å². The molecule has 2 aromatic heterocycles. The van der Waals surface area contributed by atoms with Crippen LogP contribution >= 0.6 is 0 Å². The molecule has 0 spiro atoms. The van der Waals surface area contributed by atoms with E-state index in [2.05, 4.69) is 20.4 Å². The maximum atomic E-state index is 10.7. The zero-order valence-corrected chi connectivity index (χ0v) is 13.3. The lowest BCUT2D eigenvalue weighted by atomic mass is 9.98. The van der Waals surface area contributed by atoms with E-state index in [4.69, 9.17) is 5.11 Å². The van der Waals surface area contributed by atoms with Gasteiger partial charge in [0.1, 0.15) is 5.82 Å². The van der Waals surface area contributed by atoms with E-state index in [1.165, 1.54) is 0 Å². The van der Waals surface area contributed by atoms with Crippen molar-refractivity contribution < 1.29 is 9.90 Å². The van der Waals surface area contributed by atoms with Crippen LogP contribution in [0.15, 0.2) is 18.5 Å². The van der Waals surface area contributed by atoms with Crippen molar-refractivity contribution in [2.24, 2.45) is 0 Å². The first-order valence-corrected chi connectivity index (χ1v) is 7.12. The summed E-state index contributed by atoms with van der Waals surface area (Å²) in [5.74, 6) is 0.419. The SMILES string of the molecule is Cc1cc(C)n(-c2cncc(NC(C)(C)CCC(=O)O)n2)n1. The fraction of sp³-hybridized carbons (Fsp3) is 0.467. The van der Waals surface area contributed by atoms with Crippen LogP contribution in [0.3, 0.4) is 0 Å². The number of aryl methyl sites for hydroxylation is 2. The average molecular weight is 303 g/mol. The first-order valence-electron chi connectivity index (χ1n) is 7.12. The number of nitrogens with zero attached hydrogens (tertiary/aromatic N) is 4. The van der Waals surface area contributed by atoms with Gasteiger partial charge in [-0.25, -0.2) is 9.67 Å². The van der Waals surface area contributed by atoms with Crippen molar-refractivity contribution in [1.29, 1.82) is 0 Å². The van der Waals surface area contributed by atoms with Crippen molar-refractivity contribution in [3.63, 3.8) is 0 Å². The van der Waals surface area contributed by atoms with Crippen LogP contribution < -0.4 is 5.32 Å². The second-order valence-corrected chi connectivity index (χ2v) is 6.00. The summed E-state index contributed by atoms with van der Waals surface area (Å²) in [4.78, 5) is 19.4. The molecular weight excluding hydrogens is 282 g/mol. The molecule has 0 aliphatic rings. The van der Waals surface area contributed by atoms with E-state index in [1.807, 2.05) is 33.8 Å². The molecule has 0 atom stereocenters. The standard InChI is InChI=1S/C15H21N5O2/c1-10-7-11(2)20(19-10)13-9-16-8-12(17-13)18-15(3,4)6-5-14(21)22/h7-9H,5-6H2,1-4H3,(H,17,18)(H,21,22). The zero-order valence-electron chi connectivity index (χ0n) is 13.3. The quantitative estimate of drug-likeness (QED) is 0.850. The van der Waals surface area contributed by atoms with Crippen LogP contribution in [0.2, 0.25) is 0 Å². The summed E-state index contributed by atoms with van der Waals surface area (Å²) < 4.78 is 1.73. The van der Waals surface area contributed by atoms with Gasteiger partial charge < -0.3 is 10.4 Å². The fourth-order valence-electron chi connectivity index (χ4n) is 2.21. The molecule has 0 unspecified atom stereocenters. The highest BCUT2D eigenvalue weighted by molar-refractivity contribution is 5.66. The van der Waals surface area contributed by atoms with E-state index in [1.54, 1.807) is 17.1 Å². The Kier molecular flexibility index (Phi) is 4.44. The minimum atomic E-state index is -0.808. The Labute approximate surface area is 129 Å². The number of carboxylic acid groups (broad SMARTS) is 1. The number of carbonyl (C=O) groups is 1. The Morgan fingerprint density at radius 3 is 2.68 bits per heavy atom.